The van der Waals surface area contributed by atoms with Crippen molar-refractivity contribution in [1.29, 1.82) is 0 Å². The van der Waals surface area contributed by atoms with Gasteiger partial charge < -0.3 is 8.83 Å². The van der Waals surface area contributed by atoms with E-state index in [4.69, 9.17) is 30.6 Å². The SMILES string of the molecule is [2H]c1c([2H])c([2H])c(-c2ccc3c(c2)oc2cc(-c4nc(-c5ccccc5)nc(-c5ccc6c(c5)oc5ccccc56)n4)ccc23)c([2H])c1[2H]. The number of benzene rings is 6. The van der Waals surface area contributed by atoms with Crippen molar-refractivity contribution < 1.29 is 15.7 Å². The van der Waals surface area contributed by atoms with Crippen molar-refractivity contribution in [3.05, 3.63) is 139 Å². The molecule has 5 nitrogen and oxygen atoms in total. The molecular formula is C39H23N3O2. The molecule has 0 saturated carbocycles. The Kier molecular flexibility index (Phi) is 4.42. The fourth-order valence-corrected chi connectivity index (χ4v) is 5.68. The molecule has 3 aromatic heterocycles. The van der Waals surface area contributed by atoms with Gasteiger partial charge in [-0.3, -0.25) is 0 Å². The zero-order valence-electron chi connectivity index (χ0n) is 28.1. The molecule has 5 heteroatoms. The Labute approximate surface area is 259 Å². The minimum absolute atomic E-state index is 0.126. The highest BCUT2D eigenvalue weighted by Crippen LogP contribution is 2.36. The zero-order chi connectivity index (χ0) is 33.4. The van der Waals surface area contributed by atoms with Crippen molar-refractivity contribution >= 4 is 43.9 Å². The van der Waals surface area contributed by atoms with Gasteiger partial charge in [-0.2, -0.15) is 0 Å². The summed E-state index contributed by atoms with van der Waals surface area (Å²) in [6.07, 6.45) is 0. The number of fused-ring (bicyclic) bond motifs is 6. The van der Waals surface area contributed by atoms with Gasteiger partial charge in [0.1, 0.15) is 22.3 Å². The minimum atomic E-state index is -0.428. The van der Waals surface area contributed by atoms with Crippen LogP contribution in [-0.2, 0) is 0 Å². The van der Waals surface area contributed by atoms with Crippen LogP contribution in [0, 0.1) is 0 Å². The maximum atomic E-state index is 8.41. The van der Waals surface area contributed by atoms with E-state index in [1.54, 1.807) is 12.1 Å². The third kappa shape index (κ3) is 4.06. The molecule has 0 fully saturated rings. The van der Waals surface area contributed by atoms with Crippen LogP contribution in [0.5, 0.6) is 0 Å². The standard InChI is InChI=1S/C39H23N3O2/c1-3-9-24(10-4-1)26-15-18-31-32-20-17-28(23-36(32)44-34(31)21-26)39-41-37(25-11-5-2-6-12-25)40-38(42-39)27-16-19-30-29-13-7-8-14-33(29)43-35(30)22-27/h1-23H/i1D,3D,4D,9D,10D. The lowest BCUT2D eigenvalue weighted by Gasteiger charge is -2.08. The Balaban J connectivity index is 1.18. The highest BCUT2D eigenvalue weighted by molar-refractivity contribution is 6.07. The van der Waals surface area contributed by atoms with E-state index in [1.165, 1.54) is 0 Å². The van der Waals surface area contributed by atoms with E-state index in [9.17, 15) is 0 Å². The van der Waals surface area contributed by atoms with Crippen molar-refractivity contribution in [1.82, 2.24) is 15.0 Å². The van der Waals surface area contributed by atoms with Crippen LogP contribution in [0.4, 0.5) is 0 Å². The molecule has 9 rings (SSSR count). The maximum Gasteiger partial charge on any atom is 0.164 e. The van der Waals surface area contributed by atoms with E-state index >= 15 is 0 Å². The predicted molar refractivity (Wildman–Crippen MR) is 176 cm³/mol. The molecule has 0 atom stereocenters. The Bertz CT molecular complexity index is 2760. The average Bonchev–Trinajstić information content (AvgIpc) is 3.70. The molecule has 0 spiro atoms. The summed E-state index contributed by atoms with van der Waals surface area (Å²) >= 11 is 0. The lowest BCUT2D eigenvalue weighted by molar-refractivity contribution is 0.669. The molecule has 0 aliphatic carbocycles. The van der Waals surface area contributed by atoms with Gasteiger partial charge >= 0.3 is 0 Å². The van der Waals surface area contributed by atoms with Crippen LogP contribution in [0.1, 0.15) is 6.85 Å². The first-order valence-corrected chi connectivity index (χ1v) is 14.1. The predicted octanol–water partition coefficient (Wildman–Crippen LogP) is 10.3. The topological polar surface area (TPSA) is 65.0 Å². The third-order valence-corrected chi connectivity index (χ3v) is 7.82. The fraction of sp³-hybridized carbons (Fsp3) is 0. The number of rotatable bonds is 4. The van der Waals surface area contributed by atoms with E-state index in [0.717, 1.165) is 49.4 Å². The summed E-state index contributed by atoms with van der Waals surface area (Å²) in [6, 6.07) is 33.0. The van der Waals surface area contributed by atoms with E-state index in [0.29, 0.717) is 34.2 Å². The number of para-hydroxylation sites is 1. The van der Waals surface area contributed by atoms with Gasteiger partial charge in [-0.15, -0.1) is 0 Å². The molecule has 3 heterocycles. The smallest absolute Gasteiger partial charge is 0.164 e. The average molecular weight is 571 g/mol. The minimum Gasteiger partial charge on any atom is -0.456 e. The van der Waals surface area contributed by atoms with Crippen LogP contribution in [0.25, 0.3) is 89.2 Å². The van der Waals surface area contributed by atoms with Crippen LogP contribution in [0.15, 0.2) is 148 Å². The number of nitrogens with zero attached hydrogens (tertiary/aromatic N) is 3. The number of hydrogen-bond donors (Lipinski definition) is 0. The van der Waals surface area contributed by atoms with Crippen LogP contribution in [0.3, 0.4) is 0 Å². The summed E-state index contributed by atoms with van der Waals surface area (Å²) in [7, 11) is 0. The first kappa shape index (κ1) is 19.9. The second-order valence-electron chi connectivity index (χ2n) is 10.5. The number of furan rings is 2. The molecule has 0 N–H and O–H groups in total. The number of aromatic nitrogens is 3. The van der Waals surface area contributed by atoms with Crippen LogP contribution < -0.4 is 0 Å². The quantitative estimate of drug-likeness (QED) is 0.211. The van der Waals surface area contributed by atoms with Crippen molar-refractivity contribution in [2.24, 2.45) is 0 Å². The van der Waals surface area contributed by atoms with Gasteiger partial charge in [0, 0.05) is 38.2 Å². The fourth-order valence-electron chi connectivity index (χ4n) is 5.68. The molecule has 206 valence electrons. The van der Waals surface area contributed by atoms with Crippen molar-refractivity contribution in [2.75, 3.05) is 0 Å². The van der Waals surface area contributed by atoms with Gasteiger partial charge in [0.15, 0.2) is 17.5 Å². The molecule has 0 bridgehead atoms. The molecule has 6 aromatic carbocycles. The molecule has 0 saturated heterocycles. The zero-order valence-corrected chi connectivity index (χ0v) is 23.1. The van der Waals surface area contributed by atoms with Crippen molar-refractivity contribution in [3.8, 4) is 45.3 Å². The van der Waals surface area contributed by atoms with Gasteiger partial charge in [-0.1, -0.05) is 96.9 Å². The van der Waals surface area contributed by atoms with Crippen LogP contribution in [0.2, 0.25) is 0 Å². The summed E-state index contributed by atoms with van der Waals surface area (Å²) in [5.74, 6) is 1.49. The molecular weight excluding hydrogens is 542 g/mol. The largest absolute Gasteiger partial charge is 0.456 e. The lowest BCUT2D eigenvalue weighted by Crippen LogP contribution is -2.00. The Morgan fingerprint density at radius 2 is 0.864 bits per heavy atom. The molecule has 0 amide bonds. The van der Waals surface area contributed by atoms with Crippen LogP contribution in [-0.4, -0.2) is 15.0 Å². The number of hydrogen-bond acceptors (Lipinski definition) is 5. The lowest BCUT2D eigenvalue weighted by atomic mass is 10.0. The Morgan fingerprint density at radius 1 is 0.386 bits per heavy atom. The summed E-state index contributed by atoms with van der Waals surface area (Å²) < 4.78 is 53.4. The van der Waals surface area contributed by atoms with Gasteiger partial charge in [0.05, 0.1) is 6.85 Å². The van der Waals surface area contributed by atoms with Crippen LogP contribution >= 0.6 is 0 Å². The summed E-state index contributed by atoms with van der Waals surface area (Å²) in [4.78, 5) is 14.7. The first-order chi connectivity index (χ1) is 23.8. The third-order valence-electron chi connectivity index (χ3n) is 7.82. The maximum absolute atomic E-state index is 8.41. The molecule has 44 heavy (non-hydrogen) atoms. The Hall–Kier alpha value is -6.07. The molecule has 0 aliphatic heterocycles. The molecule has 0 radical (unpaired) electrons. The van der Waals surface area contributed by atoms with Gasteiger partial charge in [-0.25, -0.2) is 15.0 Å². The summed E-state index contributed by atoms with van der Waals surface area (Å²) in [5, 5.41) is 3.75. The van der Waals surface area contributed by atoms with E-state index in [1.807, 2.05) is 97.1 Å². The second-order valence-corrected chi connectivity index (χ2v) is 10.5. The van der Waals surface area contributed by atoms with E-state index < -0.39 is 6.04 Å². The highest BCUT2D eigenvalue weighted by Gasteiger charge is 2.16. The Morgan fingerprint density at radius 3 is 1.50 bits per heavy atom. The van der Waals surface area contributed by atoms with E-state index in [-0.39, 0.29) is 29.7 Å². The molecule has 0 aliphatic rings. The van der Waals surface area contributed by atoms with Crippen molar-refractivity contribution in [2.45, 2.75) is 0 Å². The van der Waals surface area contributed by atoms with Gasteiger partial charge in [0.25, 0.3) is 0 Å². The van der Waals surface area contributed by atoms with E-state index in [2.05, 4.69) is 0 Å². The van der Waals surface area contributed by atoms with Gasteiger partial charge in [-0.05, 0) is 53.6 Å². The second kappa shape index (κ2) is 9.75. The summed E-state index contributed by atoms with van der Waals surface area (Å²) in [6.45, 7) is 0. The molecule has 0 unspecified atom stereocenters. The van der Waals surface area contributed by atoms with Crippen molar-refractivity contribution in [3.63, 3.8) is 0 Å². The highest BCUT2D eigenvalue weighted by atomic mass is 16.3. The normalized spacial score (nSPS) is 13.2. The van der Waals surface area contributed by atoms with Gasteiger partial charge in [0.2, 0.25) is 0 Å². The molecule has 9 aromatic rings. The summed E-state index contributed by atoms with van der Waals surface area (Å²) in [5.41, 5.74) is 5.64. The first-order valence-electron chi connectivity index (χ1n) is 16.6. The monoisotopic (exact) mass is 570 g/mol.